The molecular formula is C28H27N5O2. The van der Waals surface area contributed by atoms with E-state index in [1.807, 2.05) is 59.5 Å². The van der Waals surface area contributed by atoms with Crippen molar-refractivity contribution in [2.45, 2.75) is 18.9 Å². The van der Waals surface area contributed by atoms with E-state index in [4.69, 9.17) is 10.5 Å². The van der Waals surface area contributed by atoms with Crippen LogP contribution in [-0.4, -0.2) is 38.4 Å². The molecule has 2 atom stereocenters. The molecule has 4 aromatic rings. The van der Waals surface area contributed by atoms with Gasteiger partial charge in [0, 0.05) is 30.9 Å². The second-order valence-corrected chi connectivity index (χ2v) is 9.44. The Hall–Kier alpha value is -4.13. The number of nitrogen functional groups attached to an aromatic ring is 1. The number of likely N-dealkylation sites (tertiary alicyclic amines) is 1. The molecule has 2 fully saturated rings. The molecule has 6 rings (SSSR count). The molecular weight excluding hydrogens is 438 g/mol. The van der Waals surface area contributed by atoms with E-state index < -0.39 is 0 Å². The molecule has 1 saturated heterocycles. The van der Waals surface area contributed by atoms with Crippen LogP contribution in [-0.2, 0) is 4.79 Å². The van der Waals surface area contributed by atoms with Crippen LogP contribution < -0.4 is 10.5 Å². The first-order valence-corrected chi connectivity index (χ1v) is 12.0. The van der Waals surface area contributed by atoms with Gasteiger partial charge in [-0.15, -0.1) is 0 Å². The van der Waals surface area contributed by atoms with E-state index in [0.29, 0.717) is 23.7 Å². The molecule has 0 bridgehead atoms. The number of aromatic nitrogens is 3. The Morgan fingerprint density at radius 2 is 1.69 bits per heavy atom. The van der Waals surface area contributed by atoms with Crippen molar-refractivity contribution in [1.82, 2.24) is 19.4 Å². The van der Waals surface area contributed by atoms with E-state index >= 15 is 0 Å². The Balaban J connectivity index is 1.30. The minimum absolute atomic E-state index is 0.0323. The van der Waals surface area contributed by atoms with Gasteiger partial charge in [0.15, 0.2) is 0 Å². The number of amides is 1. The zero-order valence-electron chi connectivity index (χ0n) is 19.4. The van der Waals surface area contributed by atoms with Crippen molar-refractivity contribution in [1.29, 1.82) is 0 Å². The number of anilines is 1. The van der Waals surface area contributed by atoms with Gasteiger partial charge in [0.05, 0.1) is 5.39 Å². The van der Waals surface area contributed by atoms with E-state index in [1.54, 1.807) is 0 Å². The standard InChI is InChI=1S/C28H27N5O2/c1-2-25(34)32-14-19-12-21(13-20(19)15-32)33-16-24(26-27(29)30-17-31-28(26)33)18-8-10-23(11-9-18)35-22-6-4-3-5-7-22/h2-11,16-17,19-21H,1,12-15H2,(H2,29,30,31). The van der Waals surface area contributed by atoms with Crippen molar-refractivity contribution < 1.29 is 9.53 Å². The molecule has 2 N–H and O–H groups in total. The smallest absolute Gasteiger partial charge is 0.245 e. The summed E-state index contributed by atoms with van der Waals surface area (Å²) in [5.41, 5.74) is 9.27. The highest BCUT2D eigenvalue weighted by Crippen LogP contribution is 2.46. The summed E-state index contributed by atoms with van der Waals surface area (Å²) >= 11 is 0. The number of hydrogen-bond acceptors (Lipinski definition) is 5. The third kappa shape index (κ3) is 3.83. The van der Waals surface area contributed by atoms with Gasteiger partial charge in [-0.1, -0.05) is 36.9 Å². The fourth-order valence-corrected chi connectivity index (χ4v) is 5.74. The summed E-state index contributed by atoms with van der Waals surface area (Å²) in [4.78, 5) is 22.9. The van der Waals surface area contributed by atoms with Crippen LogP contribution >= 0.6 is 0 Å². The quantitative estimate of drug-likeness (QED) is 0.416. The maximum atomic E-state index is 12.1. The van der Waals surface area contributed by atoms with Crippen molar-refractivity contribution in [2.24, 2.45) is 11.8 Å². The van der Waals surface area contributed by atoms with Crippen molar-refractivity contribution in [2.75, 3.05) is 18.8 Å². The van der Waals surface area contributed by atoms with Gasteiger partial charge in [0.2, 0.25) is 5.91 Å². The number of carbonyl (C=O) groups is 1. The summed E-state index contributed by atoms with van der Waals surface area (Å²) < 4.78 is 8.23. The van der Waals surface area contributed by atoms with Gasteiger partial charge in [-0.2, -0.15) is 0 Å². The van der Waals surface area contributed by atoms with E-state index in [1.165, 1.54) is 12.4 Å². The Bertz CT molecular complexity index is 1380. The predicted octanol–water partition coefficient (Wildman–Crippen LogP) is 5.07. The summed E-state index contributed by atoms with van der Waals surface area (Å²) in [5, 5.41) is 0.879. The maximum Gasteiger partial charge on any atom is 0.245 e. The molecule has 2 unspecified atom stereocenters. The highest BCUT2D eigenvalue weighted by Gasteiger charge is 2.43. The lowest BCUT2D eigenvalue weighted by molar-refractivity contribution is -0.125. The largest absolute Gasteiger partial charge is 0.457 e. The number of para-hydroxylation sites is 1. The number of rotatable bonds is 5. The summed E-state index contributed by atoms with van der Waals surface area (Å²) in [5.74, 6) is 3.08. The second kappa shape index (κ2) is 8.58. The highest BCUT2D eigenvalue weighted by atomic mass is 16.5. The van der Waals surface area contributed by atoms with Crippen LogP contribution in [0.3, 0.4) is 0 Å². The predicted molar refractivity (Wildman–Crippen MR) is 136 cm³/mol. The van der Waals surface area contributed by atoms with Crippen LogP contribution in [0.15, 0.2) is 79.8 Å². The van der Waals surface area contributed by atoms with Crippen LogP contribution in [0.25, 0.3) is 22.2 Å². The van der Waals surface area contributed by atoms with E-state index in [-0.39, 0.29) is 5.91 Å². The average Bonchev–Trinajstić information content (AvgIpc) is 3.57. The van der Waals surface area contributed by atoms with Crippen molar-refractivity contribution in [3.63, 3.8) is 0 Å². The first kappa shape index (κ1) is 21.4. The number of benzene rings is 2. The van der Waals surface area contributed by atoms with Gasteiger partial charge in [-0.05, 0) is 60.6 Å². The van der Waals surface area contributed by atoms with Crippen LogP contribution in [0.1, 0.15) is 18.9 Å². The normalized spacial score (nSPS) is 21.3. The number of nitrogens with zero attached hydrogens (tertiary/aromatic N) is 4. The SMILES string of the molecule is C=CC(=O)N1CC2CC(n3cc(-c4ccc(Oc5ccccc5)cc4)c4c(N)ncnc43)CC2C1. The molecule has 1 saturated carbocycles. The summed E-state index contributed by atoms with van der Waals surface area (Å²) in [6.45, 7) is 5.24. The van der Waals surface area contributed by atoms with Gasteiger partial charge in [0.1, 0.15) is 29.3 Å². The molecule has 3 heterocycles. The van der Waals surface area contributed by atoms with Gasteiger partial charge in [-0.25, -0.2) is 9.97 Å². The zero-order valence-corrected chi connectivity index (χ0v) is 19.4. The molecule has 0 radical (unpaired) electrons. The van der Waals surface area contributed by atoms with E-state index in [0.717, 1.165) is 59.6 Å². The molecule has 2 aromatic heterocycles. The second-order valence-electron chi connectivity index (χ2n) is 9.44. The third-order valence-corrected chi connectivity index (χ3v) is 7.39. The topological polar surface area (TPSA) is 86.3 Å². The lowest BCUT2D eigenvalue weighted by Gasteiger charge is -2.19. The zero-order chi connectivity index (χ0) is 23.9. The van der Waals surface area contributed by atoms with Crippen LogP contribution in [0.4, 0.5) is 5.82 Å². The summed E-state index contributed by atoms with van der Waals surface area (Å²) in [6.07, 6.45) is 7.15. The van der Waals surface area contributed by atoms with E-state index in [2.05, 4.69) is 27.3 Å². The number of hydrogen-bond donors (Lipinski definition) is 1. The summed E-state index contributed by atoms with van der Waals surface area (Å²) in [6, 6.07) is 18.1. The van der Waals surface area contributed by atoms with Gasteiger partial charge >= 0.3 is 0 Å². The van der Waals surface area contributed by atoms with Gasteiger partial charge in [0.25, 0.3) is 0 Å². The Labute approximate surface area is 203 Å². The number of ether oxygens (including phenoxy) is 1. The molecule has 2 aliphatic rings. The fraction of sp³-hybridized carbons (Fsp3) is 0.250. The minimum Gasteiger partial charge on any atom is -0.457 e. The lowest BCUT2D eigenvalue weighted by Crippen LogP contribution is -2.28. The number of nitrogens with two attached hydrogens (primary N) is 1. The first-order chi connectivity index (χ1) is 17.1. The molecule has 0 spiro atoms. The van der Waals surface area contributed by atoms with E-state index in [9.17, 15) is 4.79 Å². The van der Waals surface area contributed by atoms with Crippen LogP contribution in [0.2, 0.25) is 0 Å². The fourth-order valence-electron chi connectivity index (χ4n) is 5.74. The third-order valence-electron chi connectivity index (χ3n) is 7.39. The Kier molecular flexibility index (Phi) is 5.25. The summed E-state index contributed by atoms with van der Waals surface area (Å²) in [7, 11) is 0. The Morgan fingerprint density at radius 3 is 2.37 bits per heavy atom. The van der Waals surface area contributed by atoms with Crippen LogP contribution in [0.5, 0.6) is 11.5 Å². The maximum absolute atomic E-state index is 12.1. The lowest BCUT2D eigenvalue weighted by atomic mass is 10.0. The Morgan fingerprint density at radius 1 is 1.00 bits per heavy atom. The molecule has 1 amide bonds. The average molecular weight is 466 g/mol. The molecule has 7 heteroatoms. The molecule has 7 nitrogen and oxygen atoms in total. The van der Waals surface area contributed by atoms with Crippen molar-refractivity contribution in [3.05, 3.63) is 79.8 Å². The van der Waals surface area contributed by atoms with Crippen molar-refractivity contribution in [3.8, 4) is 22.6 Å². The molecule has 1 aliphatic carbocycles. The molecule has 1 aliphatic heterocycles. The van der Waals surface area contributed by atoms with Crippen LogP contribution in [0, 0.1) is 11.8 Å². The highest BCUT2D eigenvalue weighted by molar-refractivity contribution is 6.00. The molecule has 2 aromatic carbocycles. The molecule has 176 valence electrons. The van der Waals surface area contributed by atoms with Gasteiger partial charge < -0.3 is 19.9 Å². The first-order valence-electron chi connectivity index (χ1n) is 12.0. The number of fused-ring (bicyclic) bond motifs is 2. The van der Waals surface area contributed by atoms with Gasteiger partial charge in [-0.3, -0.25) is 4.79 Å². The molecule has 35 heavy (non-hydrogen) atoms. The van der Waals surface area contributed by atoms with Crippen molar-refractivity contribution >= 4 is 22.8 Å². The minimum atomic E-state index is 0.0323. The monoisotopic (exact) mass is 465 g/mol. The number of carbonyl (C=O) groups excluding carboxylic acids is 1.